The van der Waals surface area contributed by atoms with Gasteiger partial charge in [0.1, 0.15) is 4.21 Å². The highest BCUT2D eigenvalue weighted by atomic mass is 79.9. The normalized spacial score (nSPS) is 21.9. The fourth-order valence-corrected chi connectivity index (χ4v) is 8.04. The van der Waals surface area contributed by atoms with Crippen LogP contribution in [0.3, 0.4) is 0 Å². The average Bonchev–Trinajstić information content (AvgIpc) is 3.01. The lowest BCUT2D eigenvalue weighted by molar-refractivity contribution is 0.222. The van der Waals surface area contributed by atoms with Crippen LogP contribution in [-0.4, -0.2) is 34.2 Å². The monoisotopic (exact) mass is 492 g/mol. The summed E-state index contributed by atoms with van der Waals surface area (Å²) in [5.41, 5.74) is 0.318. The third kappa shape index (κ3) is 4.73. The molecule has 0 saturated carbocycles. The van der Waals surface area contributed by atoms with E-state index in [0.29, 0.717) is 34.4 Å². The zero-order valence-electron chi connectivity index (χ0n) is 14.9. The van der Waals surface area contributed by atoms with Crippen LogP contribution in [0.4, 0.5) is 5.69 Å². The first-order valence-corrected chi connectivity index (χ1v) is 13.0. The number of hydrogen-bond acceptors (Lipinski definition) is 5. The Kier molecular flexibility index (Phi) is 6.02. The van der Waals surface area contributed by atoms with Gasteiger partial charge < -0.3 is 0 Å². The van der Waals surface area contributed by atoms with Crippen molar-refractivity contribution < 1.29 is 16.8 Å². The Balaban J connectivity index is 1.79. The van der Waals surface area contributed by atoms with Crippen LogP contribution in [0.25, 0.3) is 0 Å². The molecule has 3 rings (SSSR count). The fraction of sp³-hybridized carbons (Fsp3) is 0.412. The number of nitrogens with zero attached hydrogens (tertiary/aromatic N) is 1. The molecule has 1 saturated heterocycles. The van der Waals surface area contributed by atoms with Gasteiger partial charge in [-0.1, -0.05) is 13.8 Å². The van der Waals surface area contributed by atoms with Crippen LogP contribution < -0.4 is 4.72 Å². The SMILES string of the molecule is CC1CC(C)CN(S(=O)(=O)c2ccc(NS(=O)(=O)c3ccc(Br)s3)cc2)C1. The second-order valence-electron chi connectivity index (χ2n) is 6.96. The van der Waals surface area contributed by atoms with Gasteiger partial charge in [0.2, 0.25) is 10.0 Å². The molecule has 0 amide bonds. The minimum Gasteiger partial charge on any atom is -0.279 e. The van der Waals surface area contributed by atoms with Gasteiger partial charge in [-0.2, -0.15) is 4.31 Å². The molecule has 6 nitrogen and oxygen atoms in total. The molecule has 1 aliphatic heterocycles. The van der Waals surface area contributed by atoms with Crippen molar-refractivity contribution in [3.63, 3.8) is 0 Å². The maximum Gasteiger partial charge on any atom is 0.271 e. The van der Waals surface area contributed by atoms with Crippen LogP contribution in [0.2, 0.25) is 0 Å². The second-order valence-corrected chi connectivity index (χ2v) is 13.3. The lowest BCUT2D eigenvalue weighted by Gasteiger charge is -2.34. The summed E-state index contributed by atoms with van der Waals surface area (Å²) in [6.07, 6.45) is 1.02. The van der Waals surface area contributed by atoms with Gasteiger partial charge in [-0.3, -0.25) is 4.72 Å². The molecule has 2 heterocycles. The standard InChI is InChI=1S/C17H21BrN2O4S3/c1-12-9-13(2)11-20(10-12)27(23,24)15-5-3-14(4-6-15)19-26(21,22)17-8-7-16(18)25-17/h3-8,12-13,19H,9-11H2,1-2H3. The van der Waals surface area contributed by atoms with Gasteiger partial charge in [0.25, 0.3) is 10.0 Å². The molecule has 27 heavy (non-hydrogen) atoms. The van der Waals surface area contributed by atoms with E-state index in [1.54, 1.807) is 6.07 Å². The van der Waals surface area contributed by atoms with E-state index >= 15 is 0 Å². The lowest BCUT2D eigenvalue weighted by Crippen LogP contribution is -2.42. The molecule has 0 spiro atoms. The topological polar surface area (TPSA) is 83.6 Å². The lowest BCUT2D eigenvalue weighted by atomic mass is 9.94. The zero-order chi connectivity index (χ0) is 19.8. The van der Waals surface area contributed by atoms with Crippen LogP contribution >= 0.6 is 27.3 Å². The van der Waals surface area contributed by atoms with E-state index in [4.69, 9.17) is 0 Å². The van der Waals surface area contributed by atoms with Crippen LogP contribution in [0.1, 0.15) is 20.3 Å². The van der Waals surface area contributed by atoms with Gasteiger partial charge in [0.05, 0.1) is 8.68 Å². The van der Waals surface area contributed by atoms with E-state index in [2.05, 4.69) is 34.5 Å². The number of thiophene rings is 1. The summed E-state index contributed by atoms with van der Waals surface area (Å²) in [4.78, 5) is 0.172. The molecular weight excluding hydrogens is 472 g/mol. The quantitative estimate of drug-likeness (QED) is 0.683. The second kappa shape index (κ2) is 7.82. The molecule has 1 fully saturated rings. The van der Waals surface area contributed by atoms with Crippen molar-refractivity contribution in [2.75, 3.05) is 17.8 Å². The van der Waals surface area contributed by atoms with E-state index in [0.717, 1.165) is 17.8 Å². The highest BCUT2D eigenvalue weighted by Crippen LogP contribution is 2.29. The Hall–Kier alpha value is -0.940. The Morgan fingerprint density at radius 1 is 1.00 bits per heavy atom. The van der Waals surface area contributed by atoms with Crippen molar-refractivity contribution in [3.8, 4) is 0 Å². The summed E-state index contributed by atoms with van der Waals surface area (Å²) >= 11 is 4.35. The van der Waals surface area contributed by atoms with Gasteiger partial charge in [0, 0.05) is 18.8 Å². The smallest absolute Gasteiger partial charge is 0.271 e. The molecular formula is C17H21BrN2O4S3. The Labute approximate surface area is 172 Å². The molecule has 2 atom stereocenters. The van der Waals surface area contributed by atoms with Gasteiger partial charge >= 0.3 is 0 Å². The van der Waals surface area contributed by atoms with Gasteiger partial charge in [-0.05, 0) is 70.6 Å². The van der Waals surface area contributed by atoms with Crippen molar-refractivity contribution in [2.45, 2.75) is 29.4 Å². The first kappa shape index (κ1) is 20.8. The third-order valence-electron chi connectivity index (χ3n) is 4.39. The largest absolute Gasteiger partial charge is 0.279 e. The number of hydrogen-bond donors (Lipinski definition) is 1. The van der Waals surface area contributed by atoms with Crippen LogP contribution in [0.15, 0.2) is 49.3 Å². The summed E-state index contributed by atoms with van der Waals surface area (Å²) in [5.74, 6) is 0.638. The molecule has 10 heteroatoms. The molecule has 1 aliphatic rings. The predicted octanol–water partition coefficient (Wildman–Crippen LogP) is 3.98. The molecule has 1 aromatic carbocycles. The van der Waals surface area contributed by atoms with Crippen molar-refractivity contribution in [1.29, 1.82) is 0 Å². The van der Waals surface area contributed by atoms with Crippen molar-refractivity contribution in [2.24, 2.45) is 11.8 Å². The van der Waals surface area contributed by atoms with Gasteiger partial charge in [-0.25, -0.2) is 16.8 Å². The Morgan fingerprint density at radius 3 is 2.11 bits per heavy atom. The van der Waals surface area contributed by atoms with Crippen molar-refractivity contribution in [3.05, 3.63) is 40.2 Å². The fourth-order valence-electron chi connectivity index (χ4n) is 3.29. The van der Waals surface area contributed by atoms with E-state index in [1.165, 1.54) is 34.6 Å². The summed E-state index contributed by atoms with van der Waals surface area (Å²) in [5, 5.41) is 0. The Morgan fingerprint density at radius 2 is 1.59 bits per heavy atom. The van der Waals surface area contributed by atoms with E-state index in [-0.39, 0.29) is 9.10 Å². The van der Waals surface area contributed by atoms with E-state index in [9.17, 15) is 16.8 Å². The summed E-state index contributed by atoms with van der Waals surface area (Å²) in [7, 11) is -7.28. The molecule has 0 aliphatic carbocycles. The molecule has 2 aromatic rings. The highest BCUT2D eigenvalue weighted by Gasteiger charge is 2.31. The maximum absolute atomic E-state index is 12.9. The third-order valence-corrected chi connectivity index (χ3v) is 9.74. The predicted molar refractivity (Wildman–Crippen MR) is 111 cm³/mol. The number of halogens is 1. The average molecular weight is 493 g/mol. The number of piperidine rings is 1. The summed E-state index contributed by atoms with van der Waals surface area (Å²) in [6.45, 7) is 5.13. The van der Waals surface area contributed by atoms with Crippen molar-refractivity contribution >= 4 is 53.0 Å². The van der Waals surface area contributed by atoms with Gasteiger partial charge in [-0.15, -0.1) is 11.3 Å². The maximum atomic E-state index is 12.9. The molecule has 2 unspecified atom stereocenters. The molecule has 0 bridgehead atoms. The number of anilines is 1. The molecule has 0 radical (unpaired) electrons. The van der Waals surface area contributed by atoms with E-state index < -0.39 is 20.0 Å². The van der Waals surface area contributed by atoms with Crippen LogP contribution in [-0.2, 0) is 20.0 Å². The number of benzene rings is 1. The first-order chi connectivity index (χ1) is 12.6. The number of nitrogens with one attached hydrogen (secondary N) is 1. The van der Waals surface area contributed by atoms with E-state index in [1.807, 2.05) is 0 Å². The van der Waals surface area contributed by atoms with Crippen LogP contribution in [0, 0.1) is 11.8 Å². The van der Waals surface area contributed by atoms with Crippen LogP contribution in [0.5, 0.6) is 0 Å². The molecule has 1 aromatic heterocycles. The zero-order valence-corrected chi connectivity index (χ0v) is 19.0. The Bertz CT molecular complexity index is 1010. The number of sulfonamides is 2. The molecule has 1 N–H and O–H groups in total. The first-order valence-electron chi connectivity index (χ1n) is 8.46. The molecule has 148 valence electrons. The summed E-state index contributed by atoms with van der Waals surface area (Å²) in [6, 6.07) is 9.01. The highest BCUT2D eigenvalue weighted by molar-refractivity contribution is 9.11. The van der Waals surface area contributed by atoms with Gasteiger partial charge in [0.15, 0.2) is 0 Å². The minimum absolute atomic E-state index is 0.172. The van der Waals surface area contributed by atoms with Crippen molar-refractivity contribution in [1.82, 2.24) is 4.31 Å². The summed E-state index contributed by atoms with van der Waals surface area (Å²) < 4.78 is 55.4. The number of rotatable bonds is 5. The minimum atomic E-state index is -3.70.